The van der Waals surface area contributed by atoms with Gasteiger partial charge in [0, 0.05) is 0 Å². The summed E-state index contributed by atoms with van der Waals surface area (Å²) in [4.78, 5) is 0. The number of methoxy groups -OCH3 is 4. The molecule has 0 aromatic heterocycles. The van der Waals surface area contributed by atoms with Gasteiger partial charge in [0.15, 0.2) is 0 Å². The number of ether oxygens (including phenoxy) is 4. The second-order valence-corrected chi connectivity index (χ2v) is 15.1. The predicted molar refractivity (Wildman–Crippen MR) is 271 cm³/mol. The topological polar surface area (TPSA) is 57.2 Å². The van der Waals surface area contributed by atoms with Crippen molar-refractivity contribution < 1.29 is 24.1 Å². The van der Waals surface area contributed by atoms with Gasteiger partial charge in [0.1, 0.15) is 23.0 Å². The summed E-state index contributed by atoms with van der Waals surface area (Å²) in [6, 6.07) is 51.3. The van der Waals surface area contributed by atoms with Crippen molar-refractivity contribution in [2.75, 3.05) is 28.4 Å². The van der Waals surface area contributed by atoms with Crippen molar-refractivity contribution in [3.8, 4) is 23.0 Å². The molecule has 7 aromatic carbocycles. The lowest BCUT2D eigenvalue weighted by Crippen LogP contribution is -1.87. The minimum atomic E-state index is -0.0690. The molecule has 0 bridgehead atoms. The monoisotopic (exact) mass is 840 g/mol. The van der Waals surface area contributed by atoms with Crippen molar-refractivity contribution in [1.82, 2.24) is 0 Å². The van der Waals surface area contributed by atoms with E-state index >= 15 is 0 Å². The summed E-state index contributed by atoms with van der Waals surface area (Å²) in [5.41, 5.74) is 13.5. The number of hydrogen-bond donors (Lipinski definition) is 1. The van der Waals surface area contributed by atoms with Gasteiger partial charge in [0.2, 0.25) is 0 Å². The molecule has 0 saturated heterocycles. The second-order valence-electron chi connectivity index (χ2n) is 15.1. The van der Waals surface area contributed by atoms with Crippen LogP contribution in [0.4, 0.5) is 0 Å². The molecule has 0 spiro atoms. The summed E-state index contributed by atoms with van der Waals surface area (Å²) in [5.74, 6) is 3.30. The second kappa shape index (κ2) is 22.3. The summed E-state index contributed by atoms with van der Waals surface area (Å²) in [6.45, 7) is -0.0690. The maximum Gasteiger partial charge on any atom is 0.118 e. The van der Waals surface area contributed by atoms with Crippen LogP contribution >= 0.6 is 0 Å². The fraction of sp³-hybridized carbons (Fsp3) is 0.0847. The Kier molecular flexibility index (Phi) is 15.4. The fourth-order valence-corrected chi connectivity index (χ4v) is 7.03. The average molecular weight is 841 g/mol. The maximum absolute atomic E-state index is 10.3. The zero-order valence-electron chi connectivity index (χ0n) is 36.6. The van der Waals surface area contributed by atoms with Crippen LogP contribution in [0.5, 0.6) is 23.0 Å². The highest BCUT2D eigenvalue weighted by Crippen LogP contribution is 2.24. The van der Waals surface area contributed by atoms with Crippen molar-refractivity contribution in [3.05, 3.63) is 224 Å². The first-order valence-corrected chi connectivity index (χ1v) is 21.1. The Labute approximate surface area is 377 Å². The van der Waals surface area contributed by atoms with E-state index in [2.05, 4.69) is 115 Å². The summed E-state index contributed by atoms with van der Waals surface area (Å²) >= 11 is 0. The van der Waals surface area contributed by atoms with Crippen LogP contribution < -0.4 is 18.9 Å². The molecule has 0 atom stereocenters. The number of benzene rings is 7. The first-order chi connectivity index (χ1) is 31.4. The van der Waals surface area contributed by atoms with Gasteiger partial charge in [-0.15, -0.1) is 0 Å². The Hall–Kier alpha value is -7.86. The van der Waals surface area contributed by atoms with Gasteiger partial charge in [-0.05, 0) is 175 Å². The molecule has 64 heavy (non-hydrogen) atoms. The summed E-state index contributed by atoms with van der Waals surface area (Å²) in [5, 5.41) is 10.3. The minimum Gasteiger partial charge on any atom is -0.497 e. The van der Waals surface area contributed by atoms with E-state index in [0.717, 1.165) is 95.3 Å². The third-order valence-electron chi connectivity index (χ3n) is 10.5. The third-order valence-corrected chi connectivity index (χ3v) is 10.5. The largest absolute Gasteiger partial charge is 0.497 e. The molecule has 0 aliphatic heterocycles. The highest BCUT2D eigenvalue weighted by Gasteiger charge is 2.03. The number of aliphatic hydroxyl groups is 1. The SMILES string of the molecule is COc1ccc(/C=C/c2cc(/C=C/c3ccc(OC)cc3)cc(/C=C/c3cc(/C=C/c4cc(/C=C/c5ccc(OC)cc5)cc(/C=C/c5ccc(OC)cc5)c4)cc(CO)c3)c2)cc1. The standard InChI is InChI=1S/C59H52O5/c1-61-56-25-17-43(18-26-56)5-9-47-33-48(10-6-44-19-27-57(62-2)28-20-44)36-51(35-47)13-15-53-39-54(41-55(40-53)42-60)16-14-52-37-49(11-7-45-21-29-58(63-3)30-22-45)34-50(38-52)12-8-46-23-31-59(64-4)32-24-46/h5-41,60H,42H2,1-4H3/b9-5+,10-6+,11-7+,12-8+,15-13+,16-14+. The minimum absolute atomic E-state index is 0.0690. The lowest BCUT2D eigenvalue weighted by Gasteiger charge is -2.06. The quantitative estimate of drug-likeness (QED) is 0.0926. The molecular formula is C59H52O5. The van der Waals surface area contributed by atoms with Gasteiger partial charge in [-0.25, -0.2) is 0 Å². The lowest BCUT2D eigenvalue weighted by molar-refractivity contribution is 0.282. The number of aliphatic hydroxyl groups excluding tert-OH is 1. The summed E-state index contributed by atoms with van der Waals surface area (Å²) < 4.78 is 21.4. The molecule has 0 aliphatic rings. The average Bonchev–Trinajstić information content (AvgIpc) is 3.35. The van der Waals surface area contributed by atoms with Crippen LogP contribution in [0.15, 0.2) is 152 Å². The van der Waals surface area contributed by atoms with E-state index < -0.39 is 0 Å². The van der Waals surface area contributed by atoms with Crippen LogP contribution in [-0.2, 0) is 6.61 Å². The van der Waals surface area contributed by atoms with Gasteiger partial charge in [-0.2, -0.15) is 0 Å². The van der Waals surface area contributed by atoms with Crippen molar-refractivity contribution in [3.63, 3.8) is 0 Å². The fourth-order valence-electron chi connectivity index (χ4n) is 7.03. The van der Waals surface area contributed by atoms with Crippen molar-refractivity contribution in [2.24, 2.45) is 0 Å². The maximum atomic E-state index is 10.3. The molecule has 7 rings (SSSR count). The number of hydrogen-bond acceptors (Lipinski definition) is 5. The van der Waals surface area contributed by atoms with Gasteiger partial charge in [-0.3, -0.25) is 0 Å². The van der Waals surface area contributed by atoms with Crippen LogP contribution in [0.3, 0.4) is 0 Å². The zero-order chi connectivity index (χ0) is 44.5. The van der Waals surface area contributed by atoms with E-state index in [-0.39, 0.29) is 6.61 Å². The zero-order valence-corrected chi connectivity index (χ0v) is 36.6. The van der Waals surface area contributed by atoms with Crippen LogP contribution in [0.25, 0.3) is 72.9 Å². The lowest BCUT2D eigenvalue weighted by atomic mass is 10.00. The molecule has 7 aromatic rings. The van der Waals surface area contributed by atoms with Crippen LogP contribution in [0.1, 0.15) is 72.3 Å². The molecule has 318 valence electrons. The molecule has 0 amide bonds. The molecule has 0 fully saturated rings. The van der Waals surface area contributed by atoms with Crippen molar-refractivity contribution in [2.45, 2.75) is 6.61 Å². The highest BCUT2D eigenvalue weighted by atomic mass is 16.5. The van der Waals surface area contributed by atoms with E-state index in [1.807, 2.05) is 109 Å². The molecule has 5 nitrogen and oxygen atoms in total. The molecule has 0 unspecified atom stereocenters. The van der Waals surface area contributed by atoms with E-state index in [9.17, 15) is 5.11 Å². The Morgan fingerprint density at radius 2 is 0.438 bits per heavy atom. The Balaban J connectivity index is 1.17. The Morgan fingerprint density at radius 3 is 0.609 bits per heavy atom. The molecule has 5 heteroatoms. The van der Waals surface area contributed by atoms with Crippen LogP contribution in [0, 0.1) is 0 Å². The third kappa shape index (κ3) is 13.1. The molecule has 0 aliphatic carbocycles. The van der Waals surface area contributed by atoms with E-state index in [0.29, 0.717) is 0 Å². The molecule has 1 N–H and O–H groups in total. The first kappa shape index (κ1) is 44.2. The van der Waals surface area contributed by atoms with Gasteiger partial charge in [0.05, 0.1) is 35.0 Å². The molecule has 0 saturated carbocycles. The van der Waals surface area contributed by atoms with Crippen LogP contribution in [-0.4, -0.2) is 33.5 Å². The normalized spacial score (nSPS) is 11.8. The van der Waals surface area contributed by atoms with Crippen molar-refractivity contribution in [1.29, 1.82) is 0 Å². The predicted octanol–water partition coefficient (Wildman–Crippen LogP) is 14.2. The van der Waals surface area contributed by atoms with Gasteiger partial charge < -0.3 is 24.1 Å². The Bertz CT molecular complexity index is 2460. The first-order valence-electron chi connectivity index (χ1n) is 21.1. The van der Waals surface area contributed by atoms with E-state index in [1.54, 1.807) is 28.4 Å². The van der Waals surface area contributed by atoms with Gasteiger partial charge in [0.25, 0.3) is 0 Å². The summed E-state index contributed by atoms with van der Waals surface area (Å²) in [6.07, 6.45) is 25.4. The summed E-state index contributed by atoms with van der Waals surface area (Å²) in [7, 11) is 6.69. The van der Waals surface area contributed by atoms with Gasteiger partial charge >= 0.3 is 0 Å². The molecule has 0 radical (unpaired) electrons. The molecule has 0 heterocycles. The Morgan fingerprint density at radius 1 is 0.266 bits per heavy atom. The van der Waals surface area contributed by atoms with E-state index in [1.165, 1.54) is 0 Å². The number of rotatable bonds is 17. The van der Waals surface area contributed by atoms with Crippen LogP contribution in [0.2, 0.25) is 0 Å². The smallest absolute Gasteiger partial charge is 0.118 e. The van der Waals surface area contributed by atoms with E-state index in [4.69, 9.17) is 18.9 Å². The van der Waals surface area contributed by atoms with Crippen molar-refractivity contribution >= 4 is 72.9 Å². The molecular weight excluding hydrogens is 789 g/mol. The van der Waals surface area contributed by atoms with Gasteiger partial charge in [-0.1, -0.05) is 121 Å². The highest BCUT2D eigenvalue weighted by molar-refractivity contribution is 5.82.